The number of benzene rings is 2. The van der Waals surface area contributed by atoms with E-state index in [1.807, 2.05) is 6.07 Å². The SMILES string of the molecule is O=C(NC(CCCO)c1ccccc1)c1ccccc1C(F)(F)F. The predicted molar refractivity (Wildman–Crippen MR) is 84.4 cm³/mol. The molecule has 6 heteroatoms. The molecule has 0 fully saturated rings. The summed E-state index contributed by atoms with van der Waals surface area (Å²) in [7, 11) is 0. The summed E-state index contributed by atoms with van der Waals surface area (Å²) in [5.74, 6) is -0.783. The topological polar surface area (TPSA) is 49.3 Å². The number of rotatable bonds is 6. The van der Waals surface area contributed by atoms with Crippen molar-refractivity contribution >= 4 is 5.91 Å². The van der Waals surface area contributed by atoms with Crippen LogP contribution in [0.3, 0.4) is 0 Å². The van der Waals surface area contributed by atoms with Crippen LogP contribution >= 0.6 is 0 Å². The van der Waals surface area contributed by atoms with Crippen LogP contribution in [0.2, 0.25) is 0 Å². The van der Waals surface area contributed by atoms with Gasteiger partial charge in [-0.15, -0.1) is 0 Å². The third kappa shape index (κ3) is 4.58. The highest BCUT2D eigenvalue weighted by Crippen LogP contribution is 2.32. The molecule has 2 aromatic carbocycles. The maximum atomic E-state index is 13.1. The quantitative estimate of drug-likeness (QED) is 0.838. The van der Waals surface area contributed by atoms with Gasteiger partial charge in [-0.3, -0.25) is 4.79 Å². The number of hydrogen-bond acceptors (Lipinski definition) is 2. The molecule has 2 rings (SSSR count). The molecule has 1 amide bonds. The number of alkyl halides is 3. The summed E-state index contributed by atoms with van der Waals surface area (Å²) >= 11 is 0. The van der Waals surface area contributed by atoms with Gasteiger partial charge in [-0.2, -0.15) is 13.2 Å². The molecule has 0 aliphatic rings. The summed E-state index contributed by atoms with van der Waals surface area (Å²) in [5, 5.41) is 11.6. The Hall–Kier alpha value is -2.34. The molecule has 0 spiro atoms. The Balaban J connectivity index is 2.25. The van der Waals surface area contributed by atoms with Gasteiger partial charge >= 0.3 is 6.18 Å². The van der Waals surface area contributed by atoms with E-state index in [0.717, 1.165) is 17.7 Å². The molecular weight excluding hydrogens is 319 g/mol. The minimum atomic E-state index is -4.60. The number of hydrogen-bond donors (Lipinski definition) is 2. The number of carbonyl (C=O) groups excluding carboxylic acids is 1. The first-order valence-electron chi connectivity index (χ1n) is 7.56. The molecule has 1 unspecified atom stereocenters. The number of aliphatic hydroxyl groups excluding tert-OH is 1. The zero-order chi connectivity index (χ0) is 17.6. The average molecular weight is 337 g/mol. The van der Waals surface area contributed by atoms with Crippen molar-refractivity contribution in [3.8, 4) is 0 Å². The Labute approximate surface area is 138 Å². The molecule has 0 saturated carbocycles. The van der Waals surface area contributed by atoms with Crippen molar-refractivity contribution in [1.29, 1.82) is 0 Å². The highest BCUT2D eigenvalue weighted by atomic mass is 19.4. The van der Waals surface area contributed by atoms with Gasteiger partial charge in [0, 0.05) is 6.61 Å². The Morgan fingerprint density at radius 1 is 1.04 bits per heavy atom. The molecule has 128 valence electrons. The summed E-state index contributed by atoms with van der Waals surface area (Å²) in [6, 6.07) is 13.2. The van der Waals surface area contributed by atoms with Gasteiger partial charge in [0.15, 0.2) is 0 Å². The van der Waals surface area contributed by atoms with E-state index in [1.165, 1.54) is 12.1 Å². The van der Waals surface area contributed by atoms with Gasteiger partial charge in [-0.1, -0.05) is 42.5 Å². The molecule has 3 nitrogen and oxygen atoms in total. The van der Waals surface area contributed by atoms with E-state index in [1.54, 1.807) is 24.3 Å². The standard InChI is InChI=1S/C18H18F3NO2/c19-18(20,21)15-10-5-4-9-14(15)17(24)22-16(11-6-12-23)13-7-2-1-3-8-13/h1-5,7-10,16,23H,6,11-12H2,(H,22,24). The second-order valence-corrected chi connectivity index (χ2v) is 5.35. The monoisotopic (exact) mass is 337 g/mol. The minimum absolute atomic E-state index is 0.0572. The fourth-order valence-electron chi connectivity index (χ4n) is 2.47. The van der Waals surface area contributed by atoms with Crippen molar-refractivity contribution < 1.29 is 23.1 Å². The van der Waals surface area contributed by atoms with Crippen molar-refractivity contribution in [3.05, 3.63) is 71.3 Å². The van der Waals surface area contributed by atoms with Gasteiger partial charge < -0.3 is 10.4 Å². The number of nitrogens with one attached hydrogen (secondary N) is 1. The highest BCUT2D eigenvalue weighted by molar-refractivity contribution is 5.96. The van der Waals surface area contributed by atoms with Crippen LogP contribution in [0.15, 0.2) is 54.6 Å². The molecule has 0 radical (unpaired) electrons. The Morgan fingerprint density at radius 3 is 2.29 bits per heavy atom. The molecule has 0 heterocycles. The van der Waals surface area contributed by atoms with Crippen molar-refractivity contribution in [2.45, 2.75) is 25.1 Å². The van der Waals surface area contributed by atoms with E-state index >= 15 is 0 Å². The first-order chi connectivity index (χ1) is 11.4. The second kappa shape index (κ2) is 7.97. The van der Waals surface area contributed by atoms with Crippen molar-refractivity contribution in [3.63, 3.8) is 0 Å². The number of halogens is 3. The van der Waals surface area contributed by atoms with Crippen LogP contribution < -0.4 is 5.32 Å². The lowest BCUT2D eigenvalue weighted by atomic mass is 10.0. The van der Waals surface area contributed by atoms with E-state index in [-0.39, 0.29) is 6.61 Å². The smallest absolute Gasteiger partial charge is 0.396 e. The molecule has 24 heavy (non-hydrogen) atoms. The largest absolute Gasteiger partial charge is 0.417 e. The van der Waals surface area contributed by atoms with Crippen molar-refractivity contribution in [2.75, 3.05) is 6.61 Å². The summed E-state index contributed by atoms with van der Waals surface area (Å²) in [4.78, 5) is 12.4. The zero-order valence-corrected chi connectivity index (χ0v) is 12.9. The normalized spacial score (nSPS) is 12.7. The van der Waals surface area contributed by atoms with Crippen LogP contribution in [0, 0.1) is 0 Å². The number of aliphatic hydroxyl groups is 1. The molecular formula is C18H18F3NO2. The van der Waals surface area contributed by atoms with Crippen LogP contribution in [0.1, 0.15) is 40.4 Å². The minimum Gasteiger partial charge on any atom is -0.396 e. The van der Waals surface area contributed by atoms with Crippen LogP contribution in [0.4, 0.5) is 13.2 Å². The molecule has 2 N–H and O–H groups in total. The van der Waals surface area contributed by atoms with Gasteiger partial charge in [0.1, 0.15) is 0 Å². The first kappa shape index (κ1) is 18.0. The third-order valence-corrected chi connectivity index (χ3v) is 3.64. The predicted octanol–water partition coefficient (Wildman–Crippen LogP) is 3.95. The zero-order valence-electron chi connectivity index (χ0n) is 12.9. The summed E-state index contributed by atoms with van der Waals surface area (Å²) in [6.45, 7) is -0.0572. The van der Waals surface area contributed by atoms with E-state index < -0.39 is 29.3 Å². The molecule has 1 atom stereocenters. The van der Waals surface area contributed by atoms with E-state index in [4.69, 9.17) is 5.11 Å². The number of carbonyl (C=O) groups is 1. The molecule has 0 aliphatic heterocycles. The lowest BCUT2D eigenvalue weighted by Gasteiger charge is -2.20. The fourth-order valence-corrected chi connectivity index (χ4v) is 2.47. The van der Waals surface area contributed by atoms with Gasteiger partial charge in [0.25, 0.3) is 5.91 Å². The van der Waals surface area contributed by atoms with E-state index in [9.17, 15) is 18.0 Å². The van der Waals surface area contributed by atoms with Crippen LogP contribution in [0.25, 0.3) is 0 Å². The van der Waals surface area contributed by atoms with E-state index in [2.05, 4.69) is 5.32 Å². The lowest BCUT2D eigenvalue weighted by Crippen LogP contribution is -2.30. The maximum Gasteiger partial charge on any atom is 0.417 e. The number of amides is 1. The average Bonchev–Trinajstić information content (AvgIpc) is 2.58. The van der Waals surface area contributed by atoms with Gasteiger partial charge in [-0.25, -0.2) is 0 Å². The molecule has 0 bridgehead atoms. The third-order valence-electron chi connectivity index (χ3n) is 3.64. The van der Waals surface area contributed by atoms with Gasteiger partial charge in [-0.05, 0) is 30.5 Å². The molecule has 0 aliphatic carbocycles. The highest BCUT2D eigenvalue weighted by Gasteiger charge is 2.35. The Morgan fingerprint density at radius 2 is 1.67 bits per heavy atom. The first-order valence-corrected chi connectivity index (χ1v) is 7.56. The van der Waals surface area contributed by atoms with E-state index in [0.29, 0.717) is 12.8 Å². The lowest BCUT2D eigenvalue weighted by molar-refractivity contribution is -0.137. The van der Waals surface area contributed by atoms with Crippen LogP contribution in [-0.4, -0.2) is 17.6 Å². The summed E-state index contributed by atoms with van der Waals surface area (Å²) < 4.78 is 39.2. The van der Waals surface area contributed by atoms with Crippen molar-refractivity contribution in [2.24, 2.45) is 0 Å². The van der Waals surface area contributed by atoms with Crippen molar-refractivity contribution in [1.82, 2.24) is 5.32 Å². The summed E-state index contributed by atoms with van der Waals surface area (Å²) in [6.07, 6.45) is -3.73. The molecule has 0 saturated heterocycles. The van der Waals surface area contributed by atoms with Gasteiger partial charge in [0.2, 0.25) is 0 Å². The molecule has 2 aromatic rings. The fraction of sp³-hybridized carbons (Fsp3) is 0.278. The van der Waals surface area contributed by atoms with Crippen LogP contribution in [-0.2, 0) is 6.18 Å². The Kier molecular flexibility index (Phi) is 5.98. The summed E-state index contributed by atoms with van der Waals surface area (Å²) in [5.41, 5.74) is -0.588. The second-order valence-electron chi connectivity index (χ2n) is 5.35. The van der Waals surface area contributed by atoms with Gasteiger partial charge in [0.05, 0.1) is 17.2 Å². The van der Waals surface area contributed by atoms with Crippen LogP contribution in [0.5, 0.6) is 0 Å². The Bertz CT molecular complexity index is 671. The molecule has 0 aromatic heterocycles. The maximum absolute atomic E-state index is 13.1.